The third kappa shape index (κ3) is 3.01. The topological polar surface area (TPSA) is 73.9 Å². The van der Waals surface area contributed by atoms with E-state index in [1.54, 1.807) is 6.07 Å². The lowest BCUT2D eigenvalue weighted by atomic mass is 9.77. The van der Waals surface area contributed by atoms with Crippen LogP contribution in [0.15, 0.2) is 53.3 Å². The number of nitriles is 1. The van der Waals surface area contributed by atoms with Crippen LogP contribution in [0, 0.1) is 11.3 Å². The van der Waals surface area contributed by atoms with Gasteiger partial charge < -0.3 is 0 Å². The quantitative estimate of drug-likeness (QED) is 0.504. The highest BCUT2D eigenvalue weighted by Gasteiger charge is 2.28. The molecule has 1 fully saturated rings. The molecule has 0 atom stereocenters. The molecule has 0 aliphatic heterocycles. The zero-order valence-electron chi connectivity index (χ0n) is 15.7. The first-order chi connectivity index (χ1) is 14.2. The highest BCUT2D eigenvalue weighted by molar-refractivity contribution is 6.30. The van der Waals surface area contributed by atoms with Crippen LogP contribution in [0.5, 0.6) is 0 Å². The average molecular weight is 403 g/mol. The van der Waals surface area contributed by atoms with Crippen LogP contribution in [0.1, 0.15) is 54.3 Å². The van der Waals surface area contributed by atoms with Crippen molar-refractivity contribution in [3.05, 3.63) is 80.7 Å². The van der Waals surface area contributed by atoms with Gasteiger partial charge in [-0.2, -0.15) is 9.78 Å². The molecule has 1 saturated carbocycles. The third-order valence-electron chi connectivity index (χ3n) is 6.09. The molecule has 0 radical (unpaired) electrons. The van der Waals surface area contributed by atoms with Gasteiger partial charge in [-0.1, -0.05) is 35.9 Å². The first kappa shape index (κ1) is 18.0. The predicted octanol–water partition coefficient (Wildman–Crippen LogP) is 5.14. The number of hydrogen-bond acceptors (Lipinski definition) is 3. The normalized spacial score (nSPS) is 19.4. The van der Waals surface area contributed by atoms with Gasteiger partial charge >= 0.3 is 0 Å². The van der Waals surface area contributed by atoms with Gasteiger partial charge in [0.25, 0.3) is 5.56 Å². The Bertz CT molecular complexity index is 1310. The van der Waals surface area contributed by atoms with Crippen LogP contribution in [0.25, 0.3) is 16.6 Å². The lowest BCUT2D eigenvalue weighted by molar-refractivity contribution is 0.390. The fourth-order valence-corrected chi connectivity index (χ4v) is 4.68. The second kappa shape index (κ2) is 7.06. The van der Waals surface area contributed by atoms with Gasteiger partial charge in [-0.3, -0.25) is 9.89 Å². The van der Waals surface area contributed by atoms with E-state index in [2.05, 4.69) is 28.3 Å². The molecule has 0 unspecified atom stereocenters. The maximum Gasteiger partial charge on any atom is 0.280 e. The molecule has 1 aliphatic rings. The number of rotatable bonds is 2. The van der Waals surface area contributed by atoms with Gasteiger partial charge in [-0.15, -0.1) is 0 Å². The molecular weight excluding hydrogens is 384 g/mol. The van der Waals surface area contributed by atoms with Crippen molar-refractivity contribution in [3.8, 4) is 6.07 Å². The third-order valence-corrected chi connectivity index (χ3v) is 6.34. The molecule has 6 heteroatoms. The van der Waals surface area contributed by atoms with Gasteiger partial charge in [0.2, 0.25) is 0 Å². The Balaban J connectivity index is 1.50. The molecule has 0 saturated heterocycles. The Morgan fingerprint density at radius 3 is 2.45 bits per heavy atom. The molecule has 29 heavy (non-hydrogen) atoms. The van der Waals surface area contributed by atoms with Crippen molar-refractivity contribution in [2.24, 2.45) is 0 Å². The summed E-state index contributed by atoms with van der Waals surface area (Å²) in [4.78, 5) is 17.5. The minimum atomic E-state index is -0.164. The van der Waals surface area contributed by atoms with Crippen LogP contribution in [0.4, 0.5) is 0 Å². The fraction of sp³-hybridized carbons (Fsp3) is 0.261. The monoisotopic (exact) mass is 402 g/mol. The van der Waals surface area contributed by atoms with E-state index in [0.29, 0.717) is 28.0 Å². The second-order valence-electron chi connectivity index (χ2n) is 7.71. The number of halogens is 1. The van der Waals surface area contributed by atoms with E-state index in [9.17, 15) is 10.1 Å². The standard InChI is InChI=1S/C23H19ClN4O/c24-17-11-9-15(10-12-17)14-5-7-16(8-6-14)21-19(13-25)22-26-20-4-2-1-3-18(20)23(29)28(22)27-21/h1-4,9-12,14,16,27H,5-8H2. The number of H-pyrrole nitrogens is 1. The van der Waals surface area contributed by atoms with Gasteiger partial charge in [0, 0.05) is 10.9 Å². The molecule has 2 aromatic heterocycles. The van der Waals surface area contributed by atoms with Crippen LogP contribution in [0.2, 0.25) is 5.02 Å². The summed E-state index contributed by atoms with van der Waals surface area (Å²) in [6.45, 7) is 0. The first-order valence-electron chi connectivity index (χ1n) is 9.84. The molecule has 0 amide bonds. The highest BCUT2D eigenvalue weighted by atomic mass is 35.5. The van der Waals surface area contributed by atoms with Gasteiger partial charge in [0.05, 0.1) is 16.6 Å². The van der Waals surface area contributed by atoms with E-state index >= 15 is 0 Å². The van der Waals surface area contributed by atoms with Crippen LogP contribution in [-0.4, -0.2) is 14.6 Å². The largest absolute Gasteiger partial charge is 0.292 e. The Morgan fingerprint density at radius 2 is 1.72 bits per heavy atom. The summed E-state index contributed by atoms with van der Waals surface area (Å²) in [5.74, 6) is 0.722. The Kier molecular flexibility index (Phi) is 4.37. The Hall–Kier alpha value is -3.10. The first-order valence-corrected chi connectivity index (χ1v) is 10.2. The predicted molar refractivity (Wildman–Crippen MR) is 113 cm³/mol. The number of nitrogens with zero attached hydrogens (tertiary/aromatic N) is 3. The van der Waals surface area contributed by atoms with E-state index in [1.807, 2.05) is 30.3 Å². The lowest BCUT2D eigenvalue weighted by Crippen LogP contribution is -2.16. The molecular formula is C23H19ClN4O. The summed E-state index contributed by atoms with van der Waals surface area (Å²) in [7, 11) is 0. The van der Waals surface area contributed by atoms with E-state index in [1.165, 1.54) is 10.1 Å². The number of para-hydroxylation sites is 1. The summed E-state index contributed by atoms with van der Waals surface area (Å²) < 4.78 is 1.43. The van der Waals surface area contributed by atoms with Gasteiger partial charge in [-0.05, 0) is 61.4 Å². The lowest BCUT2D eigenvalue weighted by Gasteiger charge is -2.28. The zero-order chi connectivity index (χ0) is 20.0. The number of aromatic amines is 1. The van der Waals surface area contributed by atoms with Crippen molar-refractivity contribution in [1.82, 2.24) is 14.6 Å². The maximum atomic E-state index is 12.9. The molecule has 2 aromatic carbocycles. The summed E-state index contributed by atoms with van der Waals surface area (Å²) in [6, 6.07) is 17.6. The fourth-order valence-electron chi connectivity index (χ4n) is 4.56. The Labute approximate surface area is 172 Å². The van der Waals surface area contributed by atoms with Crippen molar-refractivity contribution in [1.29, 1.82) is 5.26 Å². The molecule has 4 aromatic rings. The van der Waals surface area contributed by atoms with Gasteiger partial charge in [0.1, 0.15) is 11.6 Å². The number of benzene rings is 2. The SMILES string of the molecule is N#Cc1c(C2CCC(c3ccc(Cl)cc3)CC2)[nH]n2c(=O)c3ccccc3nc12. The van der Waals surface area contributed by atoms with Crippen LogP contribution < -0.4 is 5.56 Å². The Morgan fingerprint density at radius 1 is 1.03 bits per heavy atom. The van der Waals surface area contributed by atoms with E-state index < -0.39 is 0 Å². The zero-order valence-corrected chi connectivity index (χ0v) is 16.5. The molecule has 0 spiro atoms. The van der Waals surface area contributed by atoms with Gasteiger partial charge in [-0.25, -0.2) is 4.98 Å². The minimum absolute atomic E-state index is 0.164. The molecule has 1 aliphatic carbocycles. The number of hydrogen-bond donors (Lipinski definition) is 1. The van der Waals surface area contributed by atoms with Crippen molar-refractivity contribution in [3.63, 3.8) is 0 Å². The number of aromatic nitrogens is 3. The number of nitrogens with one attached hydrogen (secondary N) is 1. The summed E-state index contributed by atoms with van der Waals surface area (Å²) in [5.41, 5.74) is 3.51. The smallest absolute Gasteiger partial charge is 0.280 e. The average Bonchev–Trinajstić information content (AvgIpc) is 3.13. The molecule has 5 nitrogen and oxygen atoms in total. The van der Waals surface area contributed by atoms with Crippen LogP contribution in [-0.2, 0) is 0 Å². The van der Waals surface area contributed by atoms with E-state index in [-0.39, 0.29) is 11.5 Å². The number of fused-ring (bicyclic) bond motifs is 2. The van der Waals surface area contributed by atoms with Crippen molar-refractivity contribution >= 4 is 28.2 Å². The molecule has 1 N–H and O–H groups in total. The highest BCUT2D eigenvalue weighted by Crippen LogP contribution is 2.41. The van der Waals surface area contributed by atoms with Gasteiger partial charge in [0.15, 0.2) is 5.65 Å². The second-order valence-corrected chi connectivity index (χ2v) is 8.14. The van der Waals surface area contributed by atoms with Crippen molar-refractivity contribution in [2.45, 2.75) is 37.5 Å². The molecule has 2 heterocycles. The van der Waals surface area contributed by atoms with Crippen LogP contribution in [0.3, 0.4) is 0 Å². The summed E-state index contributed by atoms with van der Waals surface area (Å²) in [5, 5.41) is 14.3. The summed E-state index contributed by atoms with van der Waals surface area (Å²) >= 11 is 6.01. The molecule has 144 valence electrons. The molecule has 5 rings (SSSR count). The molecule has 0 bridgehead atoms. The van der Waals surface area contributed by atoms with Crippen LogP contribution >= 0.6 is 11.6 Å². The summed E-state index contributed by atoms with van der Waals surface area (Å²) in [6.07, 6.45) is 4.00. The van der Waals surface area contributed by atoms with Crippen molar-refractivity contribution in [2.75, 3.05) is 0 Å². The van der Waals surface area contributed by atoms with E-state index in [4.69, 9.17) is 11.6 Å². The van der Waals surface area contributed by atoms with Crippen molar-refractivity contribution < 1.29 is 0 Å². The maximum absolute atomic E-state index is 12.9. The van der Waals surface area contributed by atoms with E-state index in [0.717, 1.165) is 36.4 Å². The minimum Gasteiger partial charge on any atom is -0.292 e.